The van der Waals surface area contributed by atoms with Gasteiger partial charge in [0.2, 0.25) is 0 Å². The van der Waals surface area contributed by atoms with E-state index in [1.165, 1.54) is 0 Å². The molecule has 0 spiro atoms. The molecule has 0 aliphatic carbocycles. The highest BCUT2D eigenvalue weighted by Gasteiger charge is 1.98. The first-order chi connectivity index (χ1) is 7.74. The predicted octanol–water partition coefficient (Wildman–Crippen LogP) is 2.15. The fraction of sp³-hybridized carbons (Fsp3) is 0.154. The number of phenolic OH excluding ortho intramolecular Hbond substituents is 1. The summed E-state index contributed by atoms with van der Waals surface area (Å²) in [7, 11) is 0. The third-order valence-electron chi connectivity index (χ3n) is 2.46. The van der Waals surface area contributed by atoms with Gasteiger partial charge < -0.3 is 10.8 Å². The molecule has 1 heterocycles. The molecule has 0 aliphatic heterocycles. The normalized spacial score (nSPS) is 10.2. The van der Waals surface area contributed by atoms with E-state index >= 15 is 0 Å². The zero-order valence-electron chi connectivity index (χ0n) is 8.93. The second-order valence-electron chi connectivity index (χ2n) is 3.76. The van der Waals surface area contributed by atoms with Crippen molar-refractivity contribution in [2.45, 2.75) is 12.8 Å². The van der Waals surface area contributed by atoms with Gasteiger partial charge in [-0.15, -0.1) is 0 Å². The van der Waals surface area contributed by atoms with Crippen molar-refractivity contribution >= 4 is 5.82 Å². The second kappa shape index (κ2) is 4.66. The monoisotopic (exact) mass is 214 g/mol. The Hall–Kier alpha value is -2.03. The number of aromatic hydroxyl groups is 1. The molecule has 2 rings (SSSR count). The van der Waals surface area contributed by atoms with Crippen LogP contribution in [0, 0.1) is 0 Å². The molecular weight excluding hydrogens is 200 g/mol. The molecule has 0 amide bonds. The standard InChI is InChI=1S/C13H14N2O/c14-13-9-11(6-7-15-13)5-4-10-2-1-3-12(16)8-10/h1-3,6-9,16H,4-5H2,(H2,14,15). The van der Waals surface area contributed by atoms with Crippen LogP contribution in [0.5, 0.6) is 5.75 Å². The molecule has 0 atom stereocenters. The number of hydrogen-bond acceptors (Lipinski definition) is 3. The lowest BCUT2D eigenvalue weighted by Crippen LogP contribution is -1.95. The van der Waals surface area contributed by atoms with Crippen LogP contribution >= 0.6 is 0 Å². The lowest BCUT2D eigenvalue weighted by atomic mass is 10.1. The van der Waals surface area contributed by atoms with Crippen LogP contribution in [0.25, 0.3) is 0 Å². The molecule has 0 saturated carbocycles. The van der Waals surface area contributed by atoms with E-state index in [1.807, 2.05) is 24.3 Å². The summed E-state index contributed by atoms with van der Waals surface area (Å²) in [6.45, 7) is 0. The Bertz CT molecular complexity index is 437. The zero-order valence-corrected chi connectivity index (χ0v) is 8.93. The number of benzene rings is 1. The first kappa shape index (κ1) is 10.5. The van der Waals surface area contributed by atoms with Crippen LogP contribution in [0.15, 0.2) is 42.6 Å². The van der Waals surface area contributed by atoms with Gasteiger partial charge >= 0.3 is 0 Å². The Morgan fingerprint density at radius 2 is 1.81 bits per heavy atom. The van der Waals surface area contributed by atoms with E-state index in [2.05, 4.69) is 4.98 Å². The summed E-state index contributed by atoms with van der Waals surface area (Å²) in [6.07, 6.45) is 3.50. The average Bonchev–Trinajstić information content (AvgIpc) is 2.27. The molecule has 0 aliphatic rings. The Labute approximate surface area is 94.6 Å². The number of phenols is 1. The molecule has 3 nitrogen and oxygen atoms in total. The molecule has 2 aromatic rings. The van der Waals surface area contributed by atoms with Crippen molar-refractivity contribution in [1.82, 2.24) is 4.98 Å². The van der Waals surface area contributed by atoms with Gasteiger partial charge in [0.15, 0.2) is 0 Å². The van der Waals surface area contributed by atoms with Crippen LogP contribution in [-0.4, -0.2) is 10.1 Å². The van der Waals surface area contributed by atoms with Crippen molar-refractivity contribution < 1.29 is 5.11 Å². The van der Waals surface area contributed by atoms with Crippen molar-refractivity contribution in [2.24, 2.45) is 0 Å². The maximum Gasteiger partial charge on any atom is 0.123 e. The average molecular weight is 214 g/mol. The number of nitrogens with two attached hydrogens (primary N) is 1. The Balaban J connectivity index is 2.02. The van der Waals surface area contributed by atoms with Gasteiger partial charge in [-0.3, -0.25) is 0 Å². The van der Waals surface area contributed by atoms with E-state index in [-0.39, 0.29) is 0 Å². The van der Waals surface area contributed by atoms with E-state index in [1.54, 1.807) is 18.3 Å². The van der Waals surface area contributed by atoms with Crippen molar-refractivity contribution in [1.29, 1.82) is 0 Å². The van der Waals surface area contributed by atoms with Crippen molar-refractivity contribution in [3.63, 3.8) is 0 Å². The van der Waals surface area contributed by atoms with E-state index < -0.39 is 0 Å². The second-order valence-corrected chi connectivity index (χ2v) is 3.76. The van der Waals surface area contributed by atoms with Gasteiger partial charge in [0, 0.05) is 6.20 Å². The maximum atomic E-state index is 9.32. The van der Waals surface area contributed by atoms with Gasteiger partial charge in [-0.05, 0) is 48.2 Å². The molecule has 0 radical (unpaired) electrons. The Kier molecular flexibility index (Phi) is 3.05. The molecule has 0 saturated heterocycles. The SMILES string of the molecule is Nc1cc(CCc2cccc(O)c2)ccn1. The van der Waals surface area contributed by atoms with Crippen LogP contribution in [0.1, 0.15) is 11.1 Å². The highest BCUT2D eigenvalue weighted by molar-refractivity contribution is 5.33. The number of nitrogens with zero attached hydrogens (tertiary/aromatic N) is 1. The first-order valence-corrected chi connectivity index (χ1v) is 5.22. The third-order valence-corrected chi connectivity index (χ3v) is 2.46. The van der Waals surface area contributed by atoms with Gasteiger partial charge in [0.25, 0.3) is 0 Å². The van der Waals surface area contributed by atoms with Crippen molar-refractivity contribution in [2.75, 3.05) is 5.73 Å². The molecule has 16 heavy (non-hydrogen) atoms. The Morgan fingerprint density at radius 1 is 1.06 bits per heavy atom. The highest BCUT2D eigenvalue weighted by atomic mass is 16.3. The van der Waals surface area contributed by atoms with Crippen LogP contribution in [-0.2, 0) is 12.8 Å². The lowest BCUT2D eigenvalue weighted by Gasteiger charge is -2.03. The van der Waals surface area contributed by atoms with E-state index in [9.17, 15) is 5.11 Å². The van der Waals surface area contributed by atoms with Crippen molar-refractivity contribution in [3.05, 3.63) is 53.7 Å². The molecule has 1 aromatic carbocycles. The Morgan fingerprint density at radius 3 is 2.50 bits per heavy atom. The van der Waals surface area contributed by atoms with Crippen LogP contribution in [0.2, 0.25) is 0 Å². The fourth-order valence-corrected chi connectivity index (χ4v) is 1.65. The van der Waals surface area contributed by atoms with Crippen LogP contribution in [0.4, 0.5) is 5.82 Å². The van der Waals surface area contributed by atoms with Crippen LogP contribution in [0.3, 0.4) is 0 Å². The molecule has 0 fully saturated rings. The summed E-state index contributed by atoms with van der Waals surface area (Å²) in [5.74, 6) is 0.861. The molecule has 3 N–H and O–H groups in total. The summed E-state index contributed by atoms with van der Waals surface area (Å²) < 4.78 is 0. The first-order valence-electron chi connectivity index (χ1n) is 5.22. The molecule has 1 aromatic heterocycles. The number of anilines is 1. The van der Waals surface area contributed by atoms with Gasteiger partial charge in [0.05, 0.1) is 0 Å². The molecule has 3 heteroatoms. The van der Waals surface area contributed by atoms with Gasteiger partial charge in [-0.1, -0.05) is 12.1 Å². The van der Waals surface area contributed by atoms with Gasteiger partial charge in [0.1, 0.15) is 11.6 Å². The number of pyridine rings is 1. The number of rotatable bonds is 3. The maximum absolute atomic E-state index is 9.32. The summed E-state index contributed by atoms with van der Waals surface area (Å²) in [5, 5.41) is 9.32. The van der Waals surface area contributed by atoms with E-state index in [4.69, 9.17) is 5.73 Å². The van der Waals surface area contributed by atoms with Gasteiger partial charge in [-0.2, -0.15) is 0 Å². The molecule has 0 unspecified atom stereocenters. The minimum absolute atomic E-state index is 0.312. The quantitative estimate of drug-likeness (QED) is 0.823. The molecule has 0 bridgehead atoms. The molecular formula is C13H14N2O. The number of aromatic nitrogens is 1. The van der Waals surface area contributed by atoms with Crippen molar-refractivity contribution in [3.8, 4) is 5.75 Å². The summed E-state index contributed by atoms with van der Waals surface area (Å²) in [6, 6.07) is 11.1. The highest BCUT2D eigenvalue weighted by Crippen LogP contribution is 2.13. The topological polar surface area (TPSA) is 59.1 Å². The summed E-state index contributed by atoms with van der Waals surface area (Å²) >= 11 is 0. The van der Waals surface area contributed by atoms with Gasteiger partial charge in [-0.25, -0.2) is 4.98 Å². The summed E-state index contributed by atoms with van der Waals surface area (Å²) in [4.78, 5) is 3.95. The predicted molar refractivity (Wildman–Crippen MR) is 64.2 cm³/mol. The minimum atomic E-state index is 0.312. The smallest absolute Gasteiger partial charge is 0.123 e. The number of hydrogen-bond donors (Lipinski definition) is 2. The van der Waals surface area contributed by atoms with E-state index in [0.717, 1.165) is 24.0 Å². The third kappa shape index (κ3) is 2.73. The minimum Gasteiger partial charge on any atom is -0.508 e. The lowest BCUT2D eigenvalue weighted by molar-refractivity contribution is 0.474. The molecule has 82 valence electrons. The number of aryl methyl sites for hydroxylation is 2. The summed E-state index contributed by atoms with van der Waals surface area (Å²) in [5.41, 5.74) is 7.88. The van der Waals surface area contributed by atoms with Crippen LogP contribution < -0.4 is 5.73 Å². The fourth-order valence-electron chi connectivity index (χ4n) is 1.65. The zero-order chi connectivity index (χ0) is 11.4. The largest absolute Gasteiger partial charge is 0.508 e. The van der Waals surface area contributed by atoms with E-state index in [0.29, 0.717) is 11.6 Å². The number of nitrogen functional groups attached to an aromatic ring is 1.